The van der Waals surface area contributed by atoms with Crippen molar-refractivity contribution in [3.63, 3.8) is 0 Å². The summed E-state index contributed by atoms with van der Waals surface area (Å²) in [6.07, 6.45) is 0. The fourth-order valence-electron chi connectivity index (χ4n) is 1.51. The summed E-state index contributed by atoms with van der Waals surface area (Å²) in [6, 6.07) is 4.42. The van der Waals surface area contributed by atoms with E-state index < -0.39 is 5.82 Å². The second kappa shape index (κ2) is 6.96. The normalized spacial score (nSPS) is 12.0. The van der Waals surface area contributed by atoms with Crippen molar-refractivity contribution in [2.45, 2.75) is 26.4 Å². The Morgan fingerprint density at radius 1 is 1.50 bits per heavy atom. The molecular formula is C13H19FN2O2. The molecular weight excluding hydrogens is 235 g/mol. The van der Waals surface area contributed by atoms with Gasteiger partial charge in [0.1, 0.15) is 0 Å². The van der Waals surface area contributed by atoms with Crippen LogP contribution < -0.4 is 15.4 Å². The van der Waals surface area contributed by atoms with E-state index in [1.807, 2.05) is 6.92 Å². The van der Waals surface area contributed by atoms with E-state index in [1.165, 1.54) is 13.2 Å². The zero-order chi connectivity index (χ0) is 13.5. The van der Waals surface area contributed by atoms with Gasteiger partial charge in [-0.05, 0) is 31.5 Å². The number of halogens is 1. The lowest BCUT2D eigenvalue weighted by Crippen LogP contribution is -2.41. The molecule has 1 rings (SSSR count). The van der Waals surface area contributed by atoms with Gasteiger partial charge < -0.3 is 15.4 Å². The molecule has 0 saturated heterocycles. The molecule has 0 saturated carbocycles. The molecule has 0 aliphatic carbocycles. The van der Waals surface area contributed by atoms with Gasteiger partial charge in [-0.15, -0.1) is 0 Å². The first-order valence-corrected chi connectivity index (χ1v) is 5.92. The van der Waals surface area contributed by atoms with Crippen LogP contribution in [-0.4, -0.2) is 25.6 Å². The Kier molecular flexibility index (Phi) is 5.58. The van der Waals surface area contributed by atoms with Gasteiger partial charge in [-0.3, -0.25) is 4.79 Å². The van der Waals surface area contributed by atoms with Crippen LogP contribution in [0.25, 0.3) is 0 Å². The second-order valence-electron chi connectivity index (χ2n) is 3.97. The molecule has 0 radical (unpaired) electrons. The molecule has 18 heavy (non-hydrogen) atoms. The van der Waals surface area contributed by atoms with Gasteiger partial charge in [0.25, 0.3) is 0 Å². The second-order valence-corrected chi connectivity index (χ2v) is 3.97. The Bertz CT molecular complexity index is 410. The third-order valence-electron chi connectivity index (χ3n) is 2.57. The fraction of sp³-hybridized carbons (Fsp3) is 0.462. The maximum atomic E-state index is 13.4. The summed E-state index contributed by atoms with van der Waals surface area (Å²) in [5.41, 5.74) is 0.768. The standard InChI is InChI=1S/C13H19FN2O2/c1-4-15-13(17)9(2)16-8-10-5-6-12(18-3)11(14)7-10/h5-7,9,16H,4,8H2,1-3H3,(H,15,17). The molecule has 1 unspecified atom stereocenters. The van der Waals surface area contributed by atoms with Gasteiger partial charge in [-0.1, -0.05) is 6.07 Å². The van der Waals surface area contributed by atoms with Crippen LogP contribution in [0.1, 0.15) is 19.4 Å². The lowest BCUT2D eigenvalue weighted by Gasteiger charge is -2.13. The number of amides is 1. The molecule has 4 nitrogen and oxygen atoms in total. The van der Waals surface area contributed by atoms with Crippen LogP contribution in [0.3, 0.4) is 0 Å². The minimum atomic E-state index is -0.400. The van der Waals surface area contributed by atoms with Crippen molar-refractivity contribution >= 4 is 5.91 Å². The van der Waals surface area contributed by atoms with Gasteiger partial charge in [0.05, 0.1) is 13.2 Å². The SMILES string of the molecule is CCNC(=O)C(C)NCc1ccc(OC)c(F)c1. The van der Waals surface area contributed by atoms with Crippen LogP contribution in [0.5, 0.6) is 5.75 Å². The van der Waals surface area contributed by atoms with Crippen molar-refractivity contribution < 1.29 is 13.9 Å². The molecule has 2 N–H and O–H groups in total. The van der Waals surface area contributed by atoms with Crippen molar-refractivity contribution in [3.05, 3.63) is 29.6 Å². The number of methoxy groups -OCH3 is 1. The van der Waals surface area contributed by atoms with Gasteiger partial charge >= 0.3 is 0 Å². The van der Waals surface area contributed by atoms with Crippen LogP contribution in [-0.2, 0) is 11.3 Å². The predicted octanol–water partition coefficient (Wildman–Crippen LogP) is 1.45. The highest BCUT2D eigenvalue weighted by atomic mass is 19.1. The number of hydrogen-bond donors (Lipinski definition) is 2. The first kappa shape index (κ1) is 14.4. The summed E-state index contributed by atoms with van der Waals surface area (Å²) in [5, 5.41) is 5.74. The summed E-state index contributed by atoms with van der Waals surface area (Å²) < 4.78 is 18.3. The Hall–Kier alpha value is -1.62. The minimum absolute atomic E-state index is 0.0634. The van der Waals surface area contributed by atoms with Gasteiger partial charge in [-0.2, -0.15) is 0 Å². The van der Waals surface area contributed by atoms with E-state index in [0.717, 1.165) is 5.56 Å². The maximum Gasteiger partial charge on any atom is 0.236 e. The minimum Gasteiger partial charge on any atom is -0.494 e. The molecule has 5 heteroatoms. The first-order valence-electron chi connectivity index (χ1n) is 5.92. The maximum absolute atomic E-state index is 13.4. The zero-order valence-electron chi connectivity index (χ0n) is 10.9. The number of likely N-dealkylation sites (N-methyl/N-ethyl adjacent to an activating group) is 1. The lowest BCUT2D eigenvalue weighted by atomic mass is 10.2. The van der Waals surface area contributed by atoms with Crippen LogP contribution in [0, 0.1) is 5.82 Å². The zero-order valence-corrected chi connectivity index (χ0v) is 10.9. The monoisotopic (exact) mass is 254 g/mol. The third kappa shape index (κ3) is 4.00. The average molecular weight is 254 g/mol. The van der Waals surface area contributed by atoms with Gasteiger partial charge in [-0.25, -0.2) is 4.39 Å². The molecule has 1 amide bonds. The first-order chi connectivity index (χ1) is 8.58. The number of rotatable bonds is 6. The molecule has 0 aromatic heterocycles. The van der Waals surface area contributed by atoms with Gasteiger partial charge in [0.15, 0.2) is 11.6 Å². The van der Waals surface area contributed by atoms with E-state index in [9.17, 15) is 9.18 Å². The number of carbonyl (C=O) groups is 1. The summed E-state index contributed by atoms with van der Waals surface area (Å²) in [4.78, 5) is 11.5. The molecule has 1 aromatic rings. The van der Waals surface area contributed by atoms with Gasteiger partial charge in [0, 0.05) is 13.1 Å². The summed E-state index contributed by atoms with van der Waals surface area (Å²) in [5.74, 6) is -0.246. The van der Waals surface area contributed by atoms with Crippen LogP contribution in [0.4, 0.5) is 4.39 Å². The number of hydrogen-bond acceptors (Lipinski definition) is 3. The Morgan fingerprint density at radius 2 is 2.22 bits per heavy atom. The van der Waals surface area contributed by atoms with E-state index in [0.29, 0.717) is 13.1 Å². The van der Waals surface area contributed by atoms with E-state index in [2.05, 4.69) is 10.6 Å². The van der Waals surface area contributed by atoms with E-state index in [1.54, 1.807) is 19.1 Å². The van der Waals surface area contributed by atoms with Crippen LogP contribution >= 0.6 is 0 Å². The smallest absolute Gasteiger partial charge is 0.236 e. The predicted molar refractivity (Wildman–Crippen MR) is 67.9 cm³/mol. The van der Waals surface area contributed by atoms with Crippen molar-refractivity contribution in [2.75, 3.05) is 13.7 Å². The molecule has 1 atom stereocenters. The number of benzene rings is 1. The molecule has 100 valence electrons. The molecule has 0 aliphatic rings. The van der Waals surface area contributed by atoms with Gasteiger partial charge in [0.2, 0.25) is 5.91 Å². The molecule has 0 heterocycles. The topological polar surface area (TPSA) is 50.4 Å². The van der Waals surface area contributed by atoms with E-state index in [-0.39, 0.29) is 17.7 Å². The largest absolute Gasteiger partial charge is 0.494 e. The van der Waals surface area contributed by atoms with Crippen molar-refractivity contribution in [2.24, 2.45) is 0 Å². The van der Waals surface area contributed by atoms with Crippen LogP contribution in [0.2, 0.25) is 0 Å². The van der Waals surface area contributed by atoms with E-state index in [4.69, 9.17) is 4.74 Å². The third-order valence-corrected chi connectivity index (χ3v) is 2.57. The van der Waals surface area contributed by atoms with Crippen molar-refractivity contribution in [3.8, 4) is 5.75 Å². The van der Waals surface area contributed by atoms with Crippen molar-refractivity contribution in [1.82, 2.24) is 10.6 Å². The Balaban J connectivity index is 2.53. The fourth-order valence-corrected chi connectivity index (χ4v) is 1.51. The van der Waals surface area contributed by atoms with Crippen LogP contribution in [0.15, 0.2) is 18.2 Å². The summed E-state index contributed by atoms with van der Waals surface area (Å²) >= 11 is 0. The van der Waals surface area contributed by atoms with Crippen molar-refractivity contribution in [1.29, 1.82) is 0 Å². The highest BCUT2D eigenvalue weighted by molar-refractivity contribution is 5.81. The quantitative estimate of drug-likeness (QED) is 0.808. The summed E-state index contributed by atoms with van der Waals surface area (Å²) in [7, 11) is 1.42. The lowest BCUT2D eigenvalue weighted by molar-refractivity contribution is -0.122. The number of carbonyl (C=O) groups excluding carboxylic acids is 1. The molecule has 0 fully saturated rings. The average Bonchev–Trinajstić information content (AvgIpc) is 2.36. The Labute approximate surface area is 107 Å². The molecule has 0 bridgehead atoms. The molecule has 1 aromatic carbocycles. The Morgan fingerprint density at radius 3 is 2.78 bits per heavy atom. The molecule has 0 aliphatic heterocycles. The number of nitrogens with one attached hydrogen (secondary N) is 2. The molecule has 0 spiro atoms. The highest BCUT2D eigenvalue weighted by Gasteiger charge is 2.11. The number of ether oxygens (including phenoxy) is 1. The summed E-state index contributed by atoms with van der Waals surface area (Å²) in [6.45, 7) is 4.66. The highest BCUT2D eigenvalue weighted by Crippen LogP contribution is 2.17. The van der Waals surface area contributed by atoms with E-state index >= 15 is 0 Å².